The summed E-state index contributed by atoms with van der Waals surface area (Å²) in [5.74, 6) is -0.457. The van der Waals surface area contributed by atoms with Gasteiger partial charge in [0, 0.05) is 17.6 Å². The highest BCUT2D eigenvalue weighted by atomic mass is 16.5. The van der Waals surface area contributed by atoms with Crippen LogP contribution in [-0.4, -0.2) is 23.5 Å². The van der Waals surface area contributed by atoms with E-state index in [0.29, 0.717) is 23.4 Å². The van der Waals surface area contributed by atoms with E-state index in [4.69, 9.17) is 4.74 Å². The van der Waals surface area contributed by atoms with Crippen molar-refractivity contribution in [2.75, 3.05) is 16.8 Å². The molecule has 1 N–H and O–H groups in total. The number of esters is 1. The fourth-order valence-electron chi connectivity index (χ4n) is 3.36. The maximum absolute atomic E-state index is 13.1. The number of carbonyl (C=O) groups is 2. The first-order valence-electron chi connectivity index (χ1n) is 9.47. The topological polar surface area (TPSA) is 71.5 Å². The van der Waals surface area contributed by atoms with Crippen LogP contribution in [0.3, 0.4) is 0 Å². The number of fused-ring (bicyclic) bond motifs is 1. The van der Waals surface area contributed by atoms with Crippen molar-refractivity contribution in [3.8, 4) is 0 Å². The number of pyridine rings is 1. The third-order valence-electron chi connectivity index (χ3n) is 4.82. The molecule has 29 heavy (non-hydrogen) atoms. The SMILES string of the molecule is CCOC(=O)c1ccc(N[C@@H]2c3ncccc3C(=O)N2c2ccc(C)cc2)cc1. The van der Waals surface area contributed by atoms with Crippen LogP contribution in [0.4, 0.5) is 11.4 Å². The first kappa shape index (κ1) is 18.7. The van der Waals surface area contributed by atoms with E-state index in [9.17, 15) is 9.59 Å². The second-order valence-electron chi connectivity index (χ2n) is 6.79. The summed E-state index contributed by atoms with van der Waals surface area (Å²) in [7, 11) is 0. The Morgan fingerprint density at radius 2 is 1.83 bits per heavy atom. The maximum Gasteiger partial charge on any atom is 0.338 e. The molecule has 146 valence electrons. The van der Waals surface area contributed by atoms with Crippen LogP contribution in [0.15, 0.2) is 66.9 Å². The number of ether oxygens (including phenoxy) is 1. The van der Waals surface area contributed by atoms with Crippen molar-refractivity contribution in [2.24, 2.45) is 0 Å². The van der Waals surface area contributed by atoms with Crippen molar-refractivity contribution in [1.82, 2.24) is 4.98 Å². The summed E-state index contributed by atoms with van der Waals surface area (Å²) in [6.07, 6.45) is 1.23. The minimum absolute atomic E-state index is 0.0994. The van der Waals surface area contributed by atoms with E-state index in [1.807, 2.05) is 31.2 Å². The highest BCUT2D eigenvalue weighted by Crippen LogP contribution is 2.36. The maximum atomic E-state index is 13.1. The molecule has 2 heterocycles. The van der Waals surface area contributed by atoms with E-state index in [0.717, 1.165) is 16.9 Å². The van der Waals surface area contributed by atoms with Gasteiger partial charge in [-0.3, -0.25) is 14.7 Å². The van der Waals surface area contributed by atoms with Crippen molar-refractivity contribution in [1.29, 1.82) is 0 Å². The molecule has 1 aliphatic rings. The summed E-state index contributed by atoms with van der Waals surface area (Å²) < 4.78 is 5.02. The summed E-state index contributed by atoms with van der Waals surface area (Å²) in [6, 6.07) is 18.4. The molecular weight excluding hydrogens is 366 g/mol. The van der Waals surface area contributed by atoms with Crippen molar-refractivity contribution >= 4 is 23.3 Å². The van der Waals surface area contributed by atoms with Crippen LogP contribution in [0.1, 0.15) is 45.1 Å². The van der Waals surface area contributed by atoms with Gasteiger partial charge in [-0.25, -0.2) is 4.79 Å². The van der Waals surface area contributed by atoms with Gasteiger partial charge in [-0.15, -0.1) is 0 Å². The Hall–Kier alpha value is -3.67. The number of carbonyl (C=O) groups excluding carboxylic acids is 2. The quantitative estimate of drug-likeness (QED) is 0.660. The number of aryl methyl sites for hydroxylation is 1. The molecule has 0 aliphatic carbocycles. The lowest BCUT2D eigenvalue weighted by molar-refractivity contribution is 0.0526. The summed E-state index contributed by atoms with van der Waals surface area (Å²) in [5, 5.41) is 3.38. The second kappa shape index (κ2) is 7.75. The highest BCUT2D eigenvalue weighted by Gasteiger charge is 2.38. The van der Waals surface area contributed by atoms with Gasteiger partial charge in [0.05, 0.1) is 23.4 Å². The van der Waals surface area contributed by atoms with Crippen LogP contribution in [-0.2, 0) is 4.74 Å². The van der Waals surface area contributed by atoms with Crippen LogP contribution in [0.5, 0.6) is 0 Å². The lowest BCUT2D eigenvalue weighted by Crippen LogP contribution is -2.32. The molecule has 0 saturated carbocycles. The molecule has 0 saturated heterocycles. The zero-order valence-corrected chi connectivity index (χ0v) is 16.3. The Balaban J connectivity index is 1.66. The summed E-state index contributed by atoms with van der Waals surface area (Å²) in [5.41, 5.74) is 4.41. The first-order valence-corrected chi connectivity index (χ1v) is 9.47. The second-order valence-corrected chi connectivity index (χ2v) is 6.79. The van der Waals surface area contributed by atoms with Crippen LogP contribution in [0.25, 0.3) is 0 Å². The number of anilines is 2. The number of amides is 1. The van der Waals surface area contributed by atoms with Crippen LogP contribution >= 0.6 is 0 Å². The Bertz CT molecular complexity index is 1050. The van der Waals surface area contributed by atoms with Gasteiger partial charge in [-0.2, -0.15) is 0 Å². The molecule has 3 aromatic rings. The first-order chi connectivity index (χ1) is 14.1. The third-order valence-corrected chi connectivity index (χ3v) is 4.82. The van der Waals surface area contributed by atoms with E-state index in [1.165, 1.54) is 0 Å². The third kappa shape index (κ3) is 3.57. The van der Waals surface area contributed by atoms with Gasteiger partial charge in [-0.1, -0.05) is 17.7 Å². The largest absolute Gasteiger partial charge is 0.462 e. The fourth-order valence-corrected chi connectivity index (χ4v) is 3.36. The Morgan fingerprint density at radius 1 is 1.10 bits per heavy atom. The van der Waals surface area contributed by atoms with Crippen LogP contribution < -0.4 is 10.2 Å². The minimum Gasteiger partial charge on any atom is -0.462 e. The lowest BCUT2D eigenvalue weighted by Gasteiger charge is -2.26. The fraction of sp³-hybridized carbons (Fsp3) is 0.174. The molecule has 1 amide bonds. The number of aromatic nitrogens is 1. The average Bonchev–Trinajstić information content (AvgIpc) is 3.01. The lowest BCUT2D eigenvalue weighted by atomic mass is 10.2. The van der Waals surface area contributed by atoms with Gasteiger partial charge in [0.15, 0.2) is 6.17 Å². The number of rotatable bonds is 5. The molecule has 0 bridgehead atoms. The van der Waals surface area contributed by atoms with Crippen molar-refractivity contribution in [3.05, 3.63) is 89.2 Å². The van der Waals surface area contributed by atoms with E-state index in [2.05, 4.69) is 10.3 Å². The molecule has 0 unspecified atom stereocenters. The molecular formula is C23H21N3O3. The Labute approximate surface area is 169 Å². The van der Waals surface area contributed by atoms with E-state index in [1.54, 1.807) is 54.4 Å². The summed E-state index contributed by atoms with van der Waals surface area (Å²) in [4.78, 5) is 31.1. The van der Waals surface area contributed by atoms with Gasteiger partial charge < -0.3 is 10.1 Å². The minimum atomic E-state index is -0.449. The molecule has 1 aliphatic heterocycles. The predicted molar refractivity (Wildman–Crippen MR) is 111 cm³/mol. The Kier molecular flexibility index (Phi) is 4.99. The molecule has 1 atom stereocenters. The standard InChI is InChI=1S/C23H21N3O3/c1-3-29-23(28)16-8-10-17(11-9-16)25-21-20-19(5-4-14-24-20)22(27)26(21)18-12-6-15(2)7-13-18/h4-14,21,25H,3H2,1-2H3/t21-/m0/s1. The van der Waals surface area contributed by atoms with Crippen molar-refractivity contribution < 1.29 is 14.3 Å². The number of benzene rings is 2. The highest BCUT2D eigenvalue weighted by molar-refractivity contribution is 6.11. The van der Waals surface area contributed by atoms with Gasteiger partial charge in [0.2, 0.25) is 0 Å². The number of hydrogen-bond donors (Lipinski definition) is 1. The molecule has 0 spiro atoms. The van der Waals surface area contributed by atoms with E-state index in [-0.39, 0.29) is 11.9 Å². The zero-order valence-electron chi connectivity index (χ0n) is 16.3. The monoisotopic (exact) mass is 387 g/mol. The molecule has 2 aromatic carbocycles. The van der Waals surface area contributed by atoms with Crippen molar-refractivity contribution in [3.63, 3.8) is 0 Å². The molecule has 0 fully saturated rings. The molecule has 6 heteroatoms. The molecule has 6 nitrogen and oxygen atoms in total. The number of hydrogen-bond acceptors (Lipinski definition) is 5. The van der Waals surface area contributed by atoms with E-state index >= 15 is 0 Å². The average molecular weight is 387 g/mol. The van der Waals surface area contributed by atoms with Gasteiger partial charge in [0.1, 0.15) is 0 Å². The molecule has 4 rings (SSSR count). The Morgan fingerprint density at radius 3 is 2.52 bits per heavy atom. The number of nitrogens with one attached hydrogen (secondary N) is 1. The normalized spacial score (nSPS) is 15.2. The van der Waals surface area contributed by atoms with Crippen LogP contribution in [0, 0.1) is 6.92 Å². The number of nitrogens with zero attached hydrogens (tertiary/aromatic N) is 2. The van der Waals surface area contributed by atoms with E-state index < -0.39 is 6.17 Å². The van der Waals surface area contributed by atoms with Crippen LogP contribution in [0.2, 0.25) is 0 Å². The predicted octanol–water partition coefficient (Wildman–Crippen LogP) is 4.34. The van der Waals surface area contributed by atoms with Crippen molar-refractivity contribution in [2.45, 2.75) is 20.0 Å². The summed E-state index contributed by atoms with van der Waals surface area (Å²) in [6.45, 7) is 4.11. The van der Waals surface area contributed by atoms with Gasteiger partial charge in [-0.05, 0) is 62.4 Å². The molecule has 1 aromatic heterocycles. The summed E-state index contributed by atoms with van der Waals surface area (Å²) >= 11 is 0. The zero-order chi connectivity index (χ0) is 20.4. The smallest absolute Gasteiger partial charge is 0.338 e. The van der Waals surface area contributed by atoms with Gasteiger partial charge >= 0.3 is 5.97 Å². The van der Waals surface area contributed by atoms with Gasteiger partial charge in [0.25, 0.3) is 5.91 Å². The molecule has 0 radical (unpaired) electrons.